The molecule has 0 bridgehead atoms. The van der Waals surface area contributed by atoms with Gasteiger partial charge in [0, 0.05) is 23.5 Å². The Hall–Kier alpha value is -4.46. The second kappa shape index (κ2) is 13.2. The van der Waals surface area contributed by atoms with Crippen LogP contribution in [0.15, 0.2) is 30.5 Å². The molecule has 0 spiro atoms. The molecule has 38 heavy (non-hydrogen) atoms. The Morgan fingerprint density at radius 2 is 1.50 bits per heavy atom. The van der Waals surface area contributed by atoms with Gasteiger partial charge < -0.3 is 42.6 Å². The lowest BCUT2D eigenvalue weighted by atomic mass is 10.0. The number of aromatic amines is 1. The molecule has 4 atom stereocenters. The number of amides is 4. The fraction of sp³-hybridized carbons (Fsp3) is 0.417. The fourth-order valence-electron chi connectivity index (χ4n) is 3.74. The Morgan fingerprint density at radius 3 is 2.08 bits per heavy atom. The van der Waals surface area contributed by atoms with Crippen molar-refractivity contribution in [3.8, 4) is 0 Å². The molecule has 1 aromatic heterocycles. The van der Waals surface area contributed by atoms with Gasteiger partial charge in [-0.2, -0.15) is 0 Å². The smallest absolute Gasteiger partial charge is 0.326 e. The maximum absolute atomic E-state index is 13.3. The Morgan fingerprint density at radius 1 is 0.895 bits per heavy atom. The number of nitrogens with two attached hydrogens (primary N) is 2. The van der Waals surface area contributed by atoms with E-state index in [9.17, 15) is 33.9 Å². The van der Waals surface area contributed by atoms with E-state index in [1.54, 1.807) is 44.3 Å². The van der Waals surface area contributed by atoms with E-state index in [0.717, 1.165) is 10.9 Å². The molecule has 2 aromatic rings. The number of aliphatic carboxylic acids is 2. The Kier molecular flexibility index (Phi) is 10.3. The lowest BCUT2D eigenvalue weighted by molar-refractivity contribution is -0.143. The van der Waals surface area contributed by atoms with Crippen molar-refractivity contribution in [1.29, 1.82) is 0 Å². The Balaban J connectivity index is 2.32. The van der Waals surface area contributed by atoms with Crippen LogP contribution in [0.5, 0.6) is 0 Å². The predicted molar refractivity (Wildman–Crippen MR) is 134 cm³/mol. The number of hydrogen-bond donors (Lipinski definition) is 8. The summed E-state index contributed by atoms with van der Waals surface area (Å²) in [6.07, 6.45) is 0.206. The van der Waals surface area contributed by atoms with Crippen molar-refractivity contribution in [1.82, 2.24) is 20.9 Å². The first-order chi connectivity index (χ1) is 17.8. The second-order valence-electron chi connectivity index (χ2n) is 9.13. The van der Waals surface area contributed by atoms with Crippen molar-refractivity contribution in [3.63, 3.8) is 0 Å². The van der Waals surface area contributed by atoms with E-state index in [4.69, 9.17) is 16.6 Å². The van der Waals surface area contributed by atoms with Crippen molar-refractivity contribution < 1.29 is 39.0 Å². The number of carbonyl (C=O) groups excluding carboxylic acids is 4. The average molecular weight is 533 g/mol. The zero-order valence-corrected chi connectivity index (χ0v) is 20.9. The highest BCUT2D eigenvalue weighted by atomic mass is 16.4. The standard InChI is InChI=1S/C24H32N6O8/c1-11(2)20(24(37)38)30-23(36)17(9-18(26)31)29-22(35)16(28-21(34)14(25)8-19(32)33)7-12-10-27-15-6-4-3-5-13(12)15/h3-6,10-11,14,16-17,20,27H,7-9,25H2,1-2H3,(H2,26,31)(H,28,34)(H,29,35)(H,30,36)(H,32,33)(H,37,38). The minimum absolute atomic E-state index is 0.0873. The van der Waals surface area contributed by atoms with Crippen LogP contribution < -0.4 is 27.4 Å². The first kappa shape index (κ1) is 29.8. The highest BCUT2D eigenvalue weighted by Gasteiger charge is 2.32. The quantitative estimate of drug-likeness (QED) is 0.142. The summed E-state index contributed by atoms with van der Waals surface area (Å²) in [6, 6.07) is 1.51. The summed E-state index contributed by atoms with van der Waals surface area (Å²) in [4.78, 5) is 75.8. The van der Waals surface area contributed by atoms with Crippen molar-refractivity contribution >= 4 is 46.5 Å². The van der Waals surface area contributed by atoms with Crippen LogP contribution in [-0.4, -0.2) is 74.9 Å². The SMILES string of the molecule is CC(C)C(NC(=O)C(CC(N)=O)NC(=O)C(Cc1c[nH]c2ccccc12)NC(=O)C(N)CC(=O)O)C(=O)O. The van der Waals surface area contributed by atoms with E-state index in [0.29, 0.717) is 5.56 Å². The second-order valence-corrected chi connectivity index (χ2v) is 9.13. The summed E-state index contributed by atoms with van der Waals surface area (Å²) in [5, 5.41) is 26.1. The molecule has 206 valence electrons. The normalized spacial score (nSPS) is 14.2. The molecule has 2 rings (SSSR count). The minimum Gasteiger partial charge on any atom is -0.481 e. The summed E-state index contributed by atoms with van der Waals surface area (Å²) < 4.78 is 0. The highest BCUT2D eigenvalue weighted by Crippen LogP contribution is 2.19. The van der Waals surface area contributed by atoms with Gasteiger partial charge in [0.05, 0.1) is 18.9 Å². The number of aromatic nitrogens is 1. The van der Waals surface area contributed by atoms with Gasteiger partial charge in [-0.05, 0) is 17.5 Å². The van der Waals surface area contributed by atoms with Gasteiger partial charge >= 0.3 is 11.9 Å². The molecule has 14 nitrogen and oxygen atoms in total. The summed E-state index contributed by atoms with van der Waals surface area (Å²) >= 11 is 0. The first-order valence-electron chi connectivity index (χ1n) is 11.7. The van der Waals surface area contributed by atoms with Crippen LogP contribution in [0.3, 0.4) is 0 Å². The lowest BCUT2D eigenvalue weighted by Crippen LogP contribution is -2.58. The molecular formula is C24H32N6O8. The predicted octanol–water partition coefficient (Wildman–Crippen LogP) is -1.42. The van der Waals surface area contributed by atoms with E-state index < -0.39 is 78.5 Å². The van der Waals surface area contributed by atoms with Gasteiger partial charge in [0.25, 0.3) is 0 Å². The molecule has 1 heterocycles. The summed E-state index contributed by atoms with van der Waals surface area (Å²) in [7, 11) is 0. The zero-order valence-electron chi connectivity index (χ0n) is 20.9. The first-order valence-corrected chi connectivity index (χ1v) is 11.7. The van der Waals surface area contributed by atoms with Gasteiger partial charge in [-0.1, -0.05) is 32.0 Å². The molecule has 0 aliphatic heterocycles. The van der Waals surface area contributed by atoms with Crippen LogP contribution in [0.1, 0.15) is 32.3 Å². The van der Waals surface area contributed by atoms with Crippen LogP contribution in [0.4, 0.5) is 0 Å². The van der Waals surface area contributed by atoms with Crippen LogP contribution in [0, 0.1) is 5.92 Å². The van der Waals surface area contributed by atoms with E-state index in [2.05, 4.69) is 20.9 Å². The number of H-pyrrole nitrogens is 1. The van der Waals surface area contributed by atoms with Crippen LogP contribution in [-0.2, 0) is 35.2 Å². The van der Waals surface area contributed by atoms with Crippen molar-refractivity contribution in [3.05, 3.63) is 36.0 Å². The third kappa shape index (κ3) is 8.30. The monoisotopic (exact) mass is 532 g/mol. The third-order valence-electron chi connectivity index (χ3n) is 5.73. The maximum Gasteiger partial charge on any atom is 0.326 e. The van der Waals surface area contributed by atoms with E-state index in [-0.39, 0.29) is 6.42 Å². The molecule has 0 saturated carbocycles. The summed E-state index contributed by atoms with van der Waals surface area (Å²) in [5.74, 6) is -6.86. The Bertz CT molecular complexity index is 1210. The number of carbonyl (C=O) groups is 6. The van der Waals surface area contributed by atoms with Crippen molar-refractivity contribution in [2.24, 2.45) is 17.4 Å². The molecular weight excluding hydrogens is 500 g/mol. The van der Waals surface area contributed by atoms with E-state index >= 15 is 0 Å². The highest BCUT2D eigenvalue weighted by molar-refractivity contribution is 5.97. The lowest BCUT2D eigenvalue weighted by Gasteiger charge is -2.25. The molecule has 10 N–H and O–H groups in total. The number of carboxylic acid groups (broad SMARTS) is 2. The minimum atomic E-state index is -1.55. The largest absolute Gasteiger partial charge is 0.481 e. The Labute approximate surface area is 217 Å². The number of primary amides is 1. The van der Waals surface area contributed by atoms with Gasteiger partial charge in [0.15, 0.2) is 0 Å². The molecule has 0 saturated heterocycles. The van der Waals surface area contributed by atoms with Crippen LogP contribution >= 0.6 is 0 Å². The molecule has 4 amide bonds. The number of fused-ring (bicyclic) bond motifs is 1. The maximum atomic E-state index is 13.3. The van der Waals surface area contributed by atoms with Gasteiger partial charge in [-0.3, -0.25) is 24.0 Å². The van der Waals surface area contributed by atoms with Gasteiger partial charge in [0.1, 0.15) is 18.1 Å². The molecule has 0 aliphatic carbocycles. The summed E-state index contributed by atoms with van der Waals surface area (Å²) in [6.45, 7) is 3.13. The molecule has 4 unspecified atom stereocenters. The average Bonchev–Trinajstić information content (AvgIpc) is 3.23. The van der Waals surface area contributed by atoms with Crippen molar-refractivity contribution in [2.45, 2.75) is 57.3 Å². The molecule has 0 fully saturated rings. The van der Waals surface area contributed by atoms with E-state index in [1.165, 1.54) is 0 Å². The number of benzene rings is 1. The molecule has 14 heteroatoms. The summed E-state index contributed by atoms with van der Waals surface area (Å²) in [5.41, 5.74) is 12.3. The number of para-hydroxylation sites is 1. The molecule has 1 aromatic carbocycles. The number of rotatable bonds is 14. The molecule has 0 aliphatic rings. The van der Waals surface area contributed by atoms with Crippen LogP contribution in [0.2, 0.25) is 0 Å². The third-order valence-corrected chi connectivity index (χ3v) is 5.73. The van der Waals surface area contributed by atoms with Gasteiger partial charge in [-0.15, -0.1) is 0 Å². The fourth-order valence-corrected chi connectivity index (χ4v) is 3.74. The van der Waals surface area contributed by atoms with Crippen molar-refractivity contribution in [2.75, 3.05) is 0 Å². The van der Waals surface area contributed by atoms with Gasteiger partial charge in [-0.25, -0.2) is 4.79 Å². The number of nitrogens with one attached hydrogen (secondary N) is 4. The topological polar surface area (TPSA) is 247 Å². The molecule has 0 radical (unpaired) electrons. The number of hydrogen-bond acceptors (Lipinski definition) is 7. The zero-order chi connectivity index (χ0) is 28.6. The van der Waals surface area contributed by atoms with E-state index in [1.807, 2.05) is 0 Å². The van der Waals surface area contributed by atoms with Crippen LogP contribution in [0.25, 0.3) is 10.9 Å². The number of carboxylic acids is 2. The van der Waals surface area contributed by atoms with Gasteiger partial charge in [0.2, 0.25) is 23.6 Å².